The predicted octanol–water partition coefficient (Wildman–Crippen LogP) is 2.32. The second kappa shape index (κ2) is 4.79. The van der Waals surface area contributed by atoms with Crippen molar-refractivity contribution in [2.24, 2.45) is 0 Å². The third-order valence-corrected chi connectivity index (χ3v) is 2.19. The van der Waals surface area contributed by atoms with E-state index in [4.69, 9.17) is 0 Å². The molecule has 0 saturated carbocycles. The number of hydrogen-bond acceptors (Lipinski definition) is 3. The Labute approximate surface area is 101 Å². The summed E-state index contributed by atoms with van der Waals surface area (Å²) in [5.74, 6) is -2.42. The molecule has 2 rings (SSSR count). The Morgan fingerprint density at radius 2 is 2.00 bits per heavy atom. The number of anilines is 1. The molecule has 1 heterocycles. The van der Waals surface area contributed by atoms with Crippen molar-refractivity contribution in [1.82, 2.24) is 4.98 Å². The third kappa shape index (κ3) is 2.60. The summed E-state index contributed by atoms with van der Waals surface area (Å²) in [6.07, 6.45) is 1.13. The summed E-state index contributed by atoms with van der Waals surface area (Å²) < 4.78 is 25.3. The molecule has 0 aliphatic carbocycles. The van der Waals surface area contributed by atoms with Gasteiger partial charge in [-0.2, -0.15) is 4.39 Å². The van der Waals surface area contributed by atoms with Gasteiger partial charge < -0.3 is 10.4 Å². The van der Waals surface area contributed by atoms with Crippen molar-refractivity contribution >= 4 is 11.6 Å². The van der Waals surface area contributed by atoms with Crippen LogP contribution in [0.3, 0.4) is 0 Å². The lowest BCUT2D eigenvalue weighted by Gasteiger charge is -2.06. The summed E-state index contributed by atoms with van der Waals surface area (Å²) >= 11 is 0. The van der Waals surface area contributed by atoms with Crippen LogP contribution >= 0.6 is 0 Å². The number of benzene rings is 1. The molecule has 4 nitrogen and oxygen atoms in total. The molecule has 0 fully saturated rings. The van der Waals surface area contributed by atoms with E-state index in [1.807, 2.05) is 0 Å². The van der Waals surface area contributed by atoms with Crippen LogP contribution in [0.4, 0.5) is 14.5 Å². The van der Waals surface area contributed by atoms with Crippen molar-refractivity contribution in [2.75, 3.05) is 5.32 Å². The average Bonchev–Trinajstić information content (AvgIpc) is 2.32. The van der Waals surface area contributed by atoms with Gasteiger partial charge in [-0.05, 0) is 24.3 Å². The summed E-state index contributed by atoms with van der Waals surface area (Å²) in [6.45, 7) is 0. The summed E-state index contributed by atoms with van der Waals surface area (Å²) in [5.41, 5.74) is 0.186. The molecule has 1 aromatic heterocycles. The monoisotopic (exact) mass is 250 g/mol. The molecule has 0 spiro atoms. The van der Waals surface area contributed by atoms with E-state index in [1.165, 1.54) is 6.07 Å². The Balaban J connectivity index is 2.19. The van der Waals surface area contributed by atoms with E-state index in [-0.39, 0.29) is 11.3 Å². The number of aromatic hydroxyl groups is 1. The molecular formula is C12H8F2N2O2. The van der Waals surface area contributed by atoms with Gasteiger partial charge in [0.05, 0.1) is 17.4 Å². The lowest BCUT2D eigenvalue weighted by atomic mass is 10.2. The molecule has 18 heavy (non-hydrogen) atoms. The van der Waals surface area contributed by atoms with Gasteiger partial charge in [-0.15, -0.1) is 0 Å². The summed E-state index contributed by atoms with van der Waals surface area (Å²) in [5, 5.41) is 11.8. The van der Waals surface area contributed by atoms with Crippen LogP contribution in [-0.4, -0.2) is 16.0 Å². The summed E-state index contributed by atoms with van der Waals surface area (Å²) in [6, 6.07) is 5.44. The number of rotatable bonds is 2. The van der Waals surface area contributed by atoms with E-state index in [9.17, 15) is 18.7 Å². The SMILES string of the molecule is O=C(Nc1ccc(F)nc1)c1ccc(F)cc1O. The molecule has 1 aromatic carbocycles. The van der Waals surface area contributed by atoms with Crippen LogP contribution in [0.15, 0.2) is 36.5 Å². The molecule has 2 N–H and O–H groups in total. The van der Waals surface area contributed by atoms with E-state index < -0.39 is 23.4 Å². The molecule has 0 radical (unpaired) electrons. The van der Waals surface area contributed by atoms with E-state index >= 15 is 0 Å². The highest BCUT2D eigenvalue weighted by Gasteiger charge is 2.12. The van der Waals surface area contributed by atoms with Crippen molar-refractivity contribution in [2.45, 2.75) is 0 Å². The quantitative estimate of drug-likeness (QED) is 0.804. The second-order valence-electron chi connectivity index (χ2n) is 3.49. The molecule has 0 saturated heterocycles. The number of carbonyl (C=O) groups excluding carboxylic acids is 1. The minimum absolute atomic E-state index is 0.0827. The van der Waals surface area contributed by atoms with Crippen molar-refractivity contribution in [3.05, 3.63) is 53.9 Å². The lowest BCUT2D eigenvalue weighted by Crippen LogP contribution is -2.12. The molecule has 92 valence electrons. The summed E-state index contributed by atoms with van der Waals surface area (Å²) in [7, 11) is 0. The standard InChI is InChI=1S/C12H8F2N2O2/c13-7-1-3-9(10(17)5-7)12(18)16-8-2-4-11(14)15-6-8/h1-6,17H,(H,16,18). The predicted molar refractivity (Wildman–Crippen MR) is 60.2 cm³/mol. The van der Waals surface area contributed by atoms with E-state index in [0.717, 1.165) is 30.5 Å². The number of hydrogen-bond donors (Lipinski definition) is 2. The van der Waals surface area contributed by atoms with E-state index in [0.29, 0.717) is 0 Å². The largest absolute Gasteiger partial charge is 0.507 e. The van der Waals surface area contributed by atoms with Gasteiger partial charge in [0.2, 0.25) is 5.95 Å². The normalized spacial score (nSPS) is 10.1. The number of pyridine rings is 1. The van der Waals surface area contributed by atoms with Gasteiger partial charge in [0.15, 0.2) is 0 Å². The van der Waals surface area contributed by atoms with Crippen LogP contribution in [0.2, 0.25) is 0 Å². The van der Waals surface area contributed by atoms with E-state index in [2.05, 4.69) is 10.3 Å². The number of carbonyl (C=O) groups is 1. The maximum absolute atomic E-state index is 12.7. The van der Waals surface area contributed by atoms with Crippen molar-refractivity contribution in [1.29, 1.82) is 0 Å². The van der Waals surface area contributed by atoms with Crippen molar-refractivity contribution in [3.63, 3.8) is 0 Å². The zero-order valence-corrected chi connectivity index (χ0v) is 9.02. The van der Waals surface area contributed by atoms with Crippen LogP contribution in [-0.2, 0) is 0 Å². The lowest BCUT2D eigenvalue weighted by molar-refractivity contribution is 0.102. The first kappa shape index (κ1) is 12.0. The molecular weight excluding hydrogens is 242 g/mol. The first-order valence-corrected chi connectivity index (χ1v) is 4.97. The Morgan fingerprint density at radius 3 is 2.61 bits per heavy atom. The Kier molecular flexibility index (Phi) is 3.18. The Bertz CT molecular complexity index is 585. The molecule has 6 heteroatoms. The maximum Gasteiger partial charge on any atom is 0.259 e. The van der Waals surface area contributed by atoms with E-state index in [1.54, 1.807) is 0 Å². The number of aromatic nitrogens is 1. The highest BCUT2D eigenvalue weighted by atomic mass is 19.1. The number of amides is 1. The van der Waals surface area contributed by atoms with Crippen LogP contribution in [0, 0.1) is 11.8 Å². The van der Waals surface area contributed by atoms with Crippen LogP contribution in [0.5, 0.6) is 5.75 Å². The molecule has 0 unspecified atom stereocenters. The topological polar surface area (TPSA) is 62.2 Å². The second-order valence-corrected chi connectivity index (χ2v) is 3.49. The van der Waals surface area contributed by atoms with Crippen LogP contribution in [0.1, 0.15) is 10.4 Å². The number of halogens is 2. The minimum atomic E-state index is -0.669. The van der Waals surface area contributed by atoms with Crippen LogP contribution in [0.25, 0.3) is 0 Å². The van der Waals surface area contributed by atoms with Crippen LogP contribution < -0.4 is 5.32 Å². The number of phenols is 1. The van der Waals surface area contributed by atoms with Crippen molar-refractivity contribution < 1.29 is 18.7 Å². The number of phenolic OH excluding ortho intramolecular Hbond substituents is 1. The smallest absolute Gasteiger partial charge is 0.259 e. The Hall–Kier alpha value is -2.50. The maximum atomic E-state index is 12.7. The Morgan fingerprint density at radius 1 is 1.22 bits per heavy atom. The fourth-order valence-electron chi connectivity index (χ4n) is 1.34. The third-order valence-electron chi connectivity index (χ3n) is 2.19. The highest BCUT2D eigenvalue weighted by molar-refractivity contribution is 6.05. The fraction of sp³-hybridized carbons (Fsp3) is 0. The van der Waals surface area contributed by atoms with Gasteiger partial charge >= 0.3 is 0 Å². The summed E-state index contributed by atoms with van der Waals surface area (Å²) in [4.78, 5) is 15.1. The molecule has 1 amide bonds. The molecule has 0 bridgehead atoms. The molecule has 0 aliphatic rings. The molecule has 0 atom stereocenters. The van der Waals surface area contributed by atoms with Gasteiger partial charge in [0, 0.05) is 6.07 Å². The minimum Gasteiger partial charge on any atom is -0.507 e. The van der Waals surface area contributed by atoms with Crippen molar-refractivity contribution in [3.8, 4) is 5.75 Å². The average molecular weight is 250 g/mol. The zero-order chi connectivity index (χ0) is 13.1. The van der Waals surface area contributed by atoms with Gasteiger partial charge in [-0.25, -0.2) is 9.37 Å². The number of nitrogens with one attached hydrogen (secondary N) is 1. The van der Waals surface area contributed by atoms with Gasteiger partial charge in [0.25, 0.3) is 5.91 Å². The zero-order valence-electron chi connectivity index (χ0n) is 9.02. The number of nitrogens with zero attached hydrogens (tertiary/aromatic N) is 1. The first-order valence-electron chi connectivity index (χ1n) is 4.97. The first-order chi connectivity index (χ1) is 8.56. The fourth-order valence-corrected chi connectivity index (χ4v) is 1.34. The van der Waals surface area contributed by atoms with Gasteiger partial charge in [0.1, 0.15) is 11.6 Å². The van der Waals surface area contributed by atoms with Gasteiger partial charge in [-0.3, -0.25) is 4.79 Å². The molecule has 2 aromatic rings. The highest BCUT2D eigenvalue weighted by Crippen LogP contribution is 2.19. The van der Waals surface area contributed by atoms with Gasteiger partial charge in [-0.1, -0.05) is 0 Å². The molecule has 0 aliphatic heterocycles.